The first-order chi connectivity index (χ1) is 8.45. The van der Waals surface area contributed by atoms with Crippen LogP contribution in [0, 0.1) is 0 Å². The van der Waals surface area contributed by atoms with E-state index in [1.807, 2.05) is 0 Å². The maximum Gasteiger partial charge on any atom is 0.251 e. The Bertz CT molecular complexity index is 509. The van der Waals surface area contributed by atoms with Gasteiger partial charge in [-0.25, -0.2) is 8.42 Å². The molecule has 0 aromatic heterocycles. The summed E-state index contributed by atoms with van der Waals surface area (Å²) in [5, 5.41) is 2.78. The summed E-state index contributed by atoms with van der Waals surface area (Å²) >= 11 is 0. The van der Waals surface area contributed by atoms with Crippen LogP contribution in [0.2, 0.25) is 0 Å². The van der Waals surface area contributed by atoms with Crippen molar-refractivity contribution in [2.24, 2.45) is 0 Å². The van der Waals surface area contributed by atoms with E-state index in [2.05, 4.69) is 12.2 Å². The minimum absolute atomic E-state index is 0.170. The SMILES string of the molecule is CCCCCNC(=O)c1cccc(S(C)(=O)=O)c1. The molecule has 1 aromatic carbocycles. The summed E-state index contributed by atoms with van der Waals surface area (Å²) in [7, 11) is -3.27. The summed E-state index contributed by atoms with van der Waals surface area (Å²) in [5.41, 5.74) is 0.384. The van der Waals surface area contributed by atoms with Crippen molar-refractivity contribution in [1.82, 2.24) is 5.32 Å². The van der Waals surface area contributed by atoms with Crippen LogP contribution >= 0.6 is 0 Å². The molecular formula is C13H19NO3S. The monoisotopic (exact) mass is 269 g/mol. The Hall–Kier alpha value is -1.36. The lowest BCUT2D eigenvalue weighted by molar-refractivity contribution is 0.0952. The molecule has 1 rings (SSSR count). The molecule has 0 aliphatic carbocycles. The minimum atomic E-state index is -3.27. The Morgan fingerprint density at radius 1 is 1.28 bits per heavy atom. The van der Waals surface area contributed by atoms with Gasteiger partial charge in [0.25, 0.3) is 5.91 Å². The standard InChI is InChI=1S/C13H19NO3S/c1-3-4-5-9-14-13(15)11-7-6-8-12(10-11)18(2,16)17/h6-8,10H,3-5,9H2,1-2H3,(H,14,15). The van der Waals surface area contributed by atoms with Crippen molar-refractivity contribution < 1.29 is 13.2 Å². The molecular weight excluding hydrogens is 250 g/mol. The number of benzene rings is 1. The van der Waals surface area contributed by atoms with Gasteiger partial charge < -0.3 is 5.32 Å². The Kier molecular flexibility index (Phi) is 5.34. The molecule has 0 aliphatic heterocycles. The summed E-state index contributed by atoms with van der Waals surface area (Å²) in [5.74, 6) is -0.225. The molecule has 0 heterocycles. The van der Waals surface area contributed by atoms with E-state index in [0.717, 1.165) is 25.5 Å². The fourth-order valence-corrected chi connectivity index (χ4v) is 2.21. The molecule has 4 nitrogen and oxygen atoms in total. The highest BCUT2D eigenvalue weighted by Crippen LogP contribution is 2.11. The molecule has 1 amide bonds. The lowest BCUT2D eigenvalue weighted by Crippen LogP contribution is -2.24. The van der Waals surface area contributed by atoms with E-state index in [-0.39, 0.29) is 10.8 Å². The molecule has 5 heteroatoms. The van der Waals surface area contributed by atoms with Crippen LogP contribution in [0.4, 0.5) is 0 Å². The van der Waals surface area contributed by atoms with Gasteiger partial charge in [0.15, 0.2) is 9.84 Å². The van der Waals surface area contributed by atoms with Crippen LogP contribution in [0.1, 0.15) is 36.5 Å². The zero-order chi connectivity index (χ0) is 13.6. The first kappa shape index (κ1) is 14.7. The van der Waals surface area contributed by atoms with E-state index >= 15 is 0 Å². The largest absolute Gasteiger partial charge is 0.352 e. The number of sulfone groups is 1. The van der Waals surface area contributed by atoms with Crippen molar-refractivity contribution >= 4 is 15.7 Å². The molecule has 0 aliphatic rings. The van der Waals surface area contributed by atoms with Gasteiger partial charge in [0.2, 0.25) is 0 Å². The average Bonchev–Trinajstić information content (AvgIpc) is 2.33. The second kappa shape index (κ2) is 6.54. The second-order valence-corrected chi connectivity index (χ2v) is 6.28. The molecule has 0 bridgehead atoms. The van der Waals surface area contributed by atoms with Crippen molar-refractivity contribution in [1.29, 1.82) is 0 Å². The predicted octanol–water partition coefficient (Wildman–Crippen LogP) is 2.01. The van der Waals surface area contributed by atoms with Crippen molar-refractivity contribution in [3.63, 3.8) is 0 Å². The Morgan fingerprint density at radius 3 is 2.61 bits per heavy atom. The molecule has 0 fully saturated rings. The van der Waals surface area contributed by atoms with Crippen molar-refractivity contribution in [2.75, 3.05) is 12.8 Å². The van der Waals surface area contributed by atoms with Gasteiger partial charge in [-0.3, -0.25) is 4.79 Å². The van der Waals surface area contributed by atoms with Gasteiger partial charge in [-0.05, 0) is 24.6 Å². The zero-order valence-electron chi connectivity index (χ0n) is 10.8. The number of hydrogen-bond donors (Lipinski definition) is 1. The van der Waals surface area contributed by atoms with Crippen molar-refractivity contribution in [3.05, 3.63) is 29.8 Å². The van der Waals surface area contributed by atoms with Crippen LogP contribution in [-0.4, -0.2) is 27.1 Å². The number of unbranched alkanes of at least 4 members (excludes halogenated alkanes) is 2. The van der Waals surface area contributed by atoms with E-state index in [0.29, 0.717) is 12.1 Å². The quantitative estimate of drug-likeness (QED) is 0.803. The summed E-state index contributed by atoms with van der Waals surface area (Å²) in [6.45, 7) is 2.72. The van der Waals surface area contributed by atoms with Gasteiger partial charge in [0, 0.05) is 18.4 Å². The lowest BCUT2D eigenvalue weighted by atomic mass is 10.2. The molecule has 18 heavy (non-hydrogen) atoms. The third-order valence-corrected chi connectivity index (χ3v) is 3.70. The van der Waals surface area contributed by atoms with Crippen molar-refractivity contribution in [3.8, 4) is 0 Å². The van der Waals surface area contributed by atoms with E-state index in [4.69, 9.17) is 0 Å². The highest BCUT2D eigenvalue weighted by atomic mass is 32.2. The fourth-order valence-electron chi connectivity index (χ4n) is 1.55. The van der Waals surface area contributed by atoms with Crippen LogP contribution < -0.4 is 5.32 Å². The molecule has 0 saturated carbocycles. The van der Waals surface area contributed by atoms with Gasteiger partial charge in [0.1, 0.15) is 0 Å². The number of nitrogens with one attached hydrogen (secondary N) is 1. The molecule has 0 radical (unpaired) electrons. The van der Waals surface area contributed by atoms with Crippen LogP contribution in [0.5, 0.6) is 0 Å². The highest BCUT2D eigenvalue weighted by molar-refractivity contribution is 7.90. The Morgan fingerprint density at radius 2 is 2.00 bits per heavy atom. The molecule has 0 saturated heterocycles. The molecule has 1 aromatic rings. The maximum absolute atomic E-state index is 11.8. The summed E-state index contributed by atoms with van der Waals surface area (Å²) in [4.78, 5) is 12.0. The van der Waals surface area contributed by atoms with Gasteiger partial charge in [-0.2, -0.15) is 0 Å². The van der Waals surface area contributed by atoms with Crippen LogP contribution in [0.25, 0.3) is 0 Å². The molecule has 0 unspecified atom stereocenters. The maximum atomic E-state index is 11.8. The normalized spacial score (nSPS) is 11.2. The zero-order valence-corrected chi connectivity index (χ0v) is 11.6. The van der Waals surface area contributed by atoms with Gasteiger partial charge in [-0.1, -0.05) is 25.8 Å². The Labute approximate surface area is 108 Å². The number of rotatable bonds is 6. The molecule has 0 atom stereocenters. The highest BCUT2D eigenvalue weighted by Gasteiger charge is 2.10. The first-order valence-electron chi connectivity index (χ1n) is 6.03. The van der Waals surface area contributed by atoms with Crippen LogP contribution in [0.3, 0.4) is 0 Å². The summed E-state index contributed by atoms with van der Waals surface area (Å²) in [6.07, 6.45) is 4.24. The van der Waals surface area contributed by atoms with E-state index in [9.17, 15) is 13.2 Å². The van der Waals surface area contributed by atoms with E-state index < -0.39 is 9.84 Å². The second-order valence-electron chi connectivity index (χ2n) is 4.26. The number of amides is 1. The minimum Gasteiger partial charge on any atom is -0.352 e. The fraction of sp³-hybridized carbons (Fsp3) is 0.462. The summed E-state index contributed by atoms with van der Waals surface area (Å²) in [6, 6.07) is 6.09. The molecule has 0 spiro atoms. The van der Waals surface area contributed by atoms with E-state index in [1.165, 1.54) is 12.1 Å². The summed E-state index contributed by atoms with van der Waals surface area (Å²) < 4.78 is 22.8. The van der Waals surface area contributed by atoms with E-state index in [1.54, 1.807) is 12.1 Å². The smallest absolute Gasteiger partial charge is 0.251 e. The van der Waals surface area contributed by atoms with Gasteiger partial charge in [0.05, 0.1) is 4.90 Å². The topological polar surface area (TPSA) is 63.2 Å². The van der Waals surface area contributed by atoms with Gasteiger partial charge >= 0.3 is 0 Å². The van der Waals surface area contributed by atoms with Crippen molar-refractivity contribution in [2.45, 2.75) is 31.1 Å². The van der Waals surface area contributed by atoms with Crippen LogP contribution in [0.15, 0.2) is 29.2 Å². The number of hydrogen-bond acceptors (Lipinski definition) is 3. The third kappa shape index (κ3) is 4.49. The van der Waals surface area contributed by atoms with Gasteiger partial charge in [-0.15, -0.1) is 0 Å². The Balaban J connectivity index is 2.69. The first-order valence-corrected chi connectivity index (χ1v) is 7.92. The molecule has 1 N–H and O–H groups in total. The predicted molar refractivity (Wildman–Crippen MR) is 71.4 cm³/mol. The van der Waals surface area contributed by atoms with Crippen LogP contribution in [-0.2, 0) is 9.84 Å². The number of carbonyl (C=O) groups is 1. The lowest BCUT2D eigenvalue weighted by Gasteiger charge is -2.06. The third-order valence-electron chi connectivity index (χ3n) is 2.59. The number of carbonyl (C=O) groups excluding carboxylic acids is 1. The molecule has 100 valence electrons. The average molecular weight is 269 g/mol.